The summed E-state index contributed by atoms with van der Waals surface area (Å²) in [4.78, 5) is 21.7. The number of furan rings is 1. The Hall–Kier alpha value is -2.76. The highest BCUT2D eigenvalue weighted by atomic mass is 32.1. The molecule has 11 heteroatoms. The Morgan fingerprint density at radius 2 is 2.00 bits per heavy atom. The van der Waals surface area contributed by atoms with Gasteiger partial charge in [0.2, 0.25) is 5.13 Å². The Labute approximate surface area is 193 Å². The molecule has 1 unspecified atom stereocenters. The van der Waals surface area contributed by atoms with E-state index >= 15 is 0 Å². The van der Waals surface area contributed by atoms with Gasteiger partial charge in [0.25, 0.3) is 5.91 Å². The summed E-state index contributed by atoms with van der Waals surface area (Å²) in [6, 6.07) is 6.46. The maximum atomic E-state index is 13.0. The molecule has 1 aliphatic heterocycles. The smallest absolute Gasteiger partial charge is 0.416 e. The predicted octanol–water partition coefficient (Wildman–Crippen LogP) is 4.25. The summed E-state index contributed by atoms with van der Waals surface area (Å²) >= 11 is 1.09. The van der Waals surface area contributed by atoms with Gasteiger partial charge < -0.3 is 9.32 Å². The average Bonchev–Trinajstić information content (AvgIpc) is 3.44. The number of piperazine rings is 1. The summed E-state index contributed by atoms with van der Waals surface area (Å²) in [6.45, 7) is 6.21. The van der Waals surface area contributed by atoms with Crippen LogP contribution in [0.4, 0.5) is 18.3 Å². The van der Waals surface area contributed by atoms with E-state index in [4.69, 9.17) is 4.42 Å². The van der Waals surface area contributed by atoms with Crippen molar-refractivity contribution in [3.63, 3.8) is 0 Å². The topological polar surface area (TPSA) is 74.5 Å². The first kappa shape index (κ1) is 23.4. The SMILES string of the molecule is CC(Cc1nsc(NC(=O)c2coc(-c3cccc(C(F)(F)F)c3)c2)n1)N1CCN(C)CC1. The van der Waals surface area contributed by atoms with Crippen LogP contribution in [-0.4, -0.2) is 64.3 Å². The molecular weight excluding hydrogens is 455 g/mol. The number of nitrogens with one attached hydrogen (secondary N) is 1. The quantitative estimate of drug-likeness (QED) is 0.570. The number of nitrogens with zero attached hydrogens (tertiary/aromatic N) is 4. The molecule has 1 saturated heterocycles. The monoisotopic (exact) mass is 479 g/mol. The Morgan fingerprint density at radius 3 is 2.73 bits per heavy atom. The van der Waals surface area contributed by atoms with Crippen LogP contribution in [0.2, 0.25) is 0 Å². The number of aromatic nitrogens is 2. The van der Waals surface area contributed by atoms with Crippen molar-refractivity contribution in [1.29, 1.82) is 0 Å². The van der Waals surface area contributed by atoms with Gasteiger partial charge in [-0.15, -0.1) is 0 Å². The van der Waals surface area contributed by atoms with Crippen molar-refractivity contribution in [3.05, 3.63) is 53.5 Å². The first-order chi connectivity index (χ1) is 15.7. The number of hydrogen-bond donors (Lipinski definition) is 1. The molecule has 3 heterocycles. The first-order valence-electron chi connectivity index (χ1n) is 10.5. The van der Waals surface area contributed by atoms with E-state index in [0.717, 1.165) is 49.8 Å². The van der Waals surface area contributed by atoms with Crippen LogP contribution in [0, 0.1) is 0 Å². The van der Waals surface area contributed by atoms with E-state index in [9.17, 15) is 18.0 Å². The number of benzene rings is 1. The molecule has 0 saturated carbocycles. The van der Waals surface area contributed by atoms with Crippen LogP contribution in [0.1, 0.15) is 28.7 Å². The molecule has 7 nitrogen and oxygen atoms in total. The molecule has 0 spiro atoms. The third-order valence-corrected chi connectivity index (χ3v) is 6.33. The van der Waals surface area contributed by atoms with Crippen molar-refractivity contribution in [2.75, 3.05) is 38.5 Å². The highest BCUT2D eigenvalue weighted by Gasteiger charge is 2.30. The number of alkyl halides is 3. The normalized spacial score (nSPS) is 16.6. The average molecular weight is 480 g/mol. The van der Waals surface area contributed by atoms with E-state index in [-0.39, 0.29) is 16.9 Å². The molecule has 0 bridgehead atoms. The predicted molar refractivity (Wildman–Crippen MR) is 119 cm³/mol. The van der Waals surface area contributed by atoms with Gasteiger partial charge in [-0.1, -0.05) is 12.1 Å². The minimum Gasteiger partial charge on any atom is -0.464 e. The number of hydrogen-bond acceptors (Lipinski definition) is 7. The fraction of sp³-hybridized carbons (Fsp3) is 0.409. The Balaban J connectivity index is 1.37. The lowest BCUT2D eigenvalue weighted by molar-refractivity contribution is -0.137. The summed E-state index contributed by atoms with van der Waals surface area (Å²) < 4.78 is 48.5. The van der Waals surface area contributed by atoms with Gasteiger partial charge in [-0.2, -0.15) is 17.5 Å². The van der Waals surface area contributed by atoms with Gasteiger partial charge in [-0.3, -0.25) is 15.0 Å². The molecule has 4 rings (SSSR count). The molecule has 1 aliphatic rings. The van der Waals surface area contributed by atoms with Crippen molar-refractivity contribution < 1.29 is 22.4 Å². The number of carbonyl (C=O) groups excluding carboxylic acids is 1. The lowest BCUT2D eigenvalue weighted by Gasteiger charge is -2.36. The van der Waals surface area contributed by atoms with Crippen molar-refractivity contribution in [2.24, 2.45) is 0 Å². The summed E-state index contributed by atoms with van der Waals surface area (Å²) in [5.74, 6) is 0.371. The standard InChI is InChI=1S/C22H24F3N5O2S/c1-14(30-8-6-29(2)7-9-30)10-19-26-21(33-28-19)27-20(31)16-12-18(32-13-16)15-4-3-5-17(11-15)22(23,24)25/h3-5,11-14H,6-10H2,1-2H3,(H,26,27,28,31). The number of halogens is 3. The van der Waals surface area contributed by atoms with Crippen LogP contribution in [0.15, 0.2) is 41.0 Å². The Bertz CT molecular complexity index is 1110. The lowest BCUT2D eigenvalue weighted by Crippen LogP contribution is -2.48. The Kier molecular flexibility index (Phi) is 6.82. The van der Waals surface area contributed by atoms with Gasteiger partial charge in [0, 0.05) is 55.7 Å². The molecule has 1 N–H and O–H groups in total. The molecule has 0 radical (unpaired) electrons. The van der Waals surface area contributed by atoms with Crippen molar-refractivity contribution in [2.45, 2.75) is 25.6 Å². The summed E-state index contributed by atoms with van der Waals surface area (Å²) in [6.07, 6.45) is -2.57. The van der Waals surface area contributed by atoms with Crippen LogP contribution in [0.3, 0.4) is 0 Å². The van der Waals surface area contributed by atoms with Gasteiger partial charge in [-0.05, 0) is 32.2 Å². The van der Waals surface area contributed by atoms with E-state index in [2.05, 4.69) is 38.4 Å². The maximum absolute atomic E-state index is 13.0. The van der Waals surface area contributed by atoms with E-state index in [0.29, 0.717) is 23.4 Å². The molecule has 1 amide bonds. The van der Waals surface area contributed by atoms with Gasteiger partial charge in [0.15, 0.2) is 0 Å². The highest BCUT2D eigenvalue weighted by molar-refractivity contribution is 7.09. The van der Waals surface area contributed by atoms with Crippen LogP contribution < -0.4 is 5.32 Å². The number of carbonyl (C=O) groups is 1. The number of rotatable bonds is 6. The van der Waals surface area contributed by atoms with Crippen molar-refractivity contribution in [1.82, 2.24) is 19.2 Å². The number of likely N-dealkylation sites (N-methyl/N-ethyl adjacent to an activating group) is 1. The zero-order chi connectivity index (χ0) is 23.6. The summed E-state index contributed by atoms with van der Waals surface area (Å²) in [5, 5.41) is 3.05. The molecule has 1 atom stereocenters. The van der Waals surface area contributed by atoms with E-state index in [1.165, 1.54) is 24.5 Å². The van der Waals surface area contributed by atoms with Crippen LogP contribution >= 0.6 is 11.5 Å². The fourth-order valence-corrected chi connectivity index (χ4v) is 4.26. The third kappa shape index (κ3) is 5.79. The van der Waals surface area contributed by atoms with Crippen LogP contribution in [-0.2, 0) is 12.6 Å². The second-order valence-electron chi connectivity index (χ2n) is 8.14. The lowest BCUT2D eigenvalue weighted by atomic mass is 10.1. The summed E-state index contributed by atoms with van der Waals surface area (Å²) in [7, 11) is 2.11. The molecule has 3 aromatic rings. The molecule has 0 aliphatic carbocycles. The first-order valence-corrected chi connectivity index (χ1v) is 11.3. The van der Waals surface area contributed by atoms with Crippen LogP contribution in [0.25, 0.3) is 11.3 Å². The van der Waals surface area contributed by atoms with Crippen LogP contribution in [0.5, 0.6) is 0 Å². The molecule has 2 aromatic heterocycles. The molecule has 176 valence electrons. The van der Waals surface area contributed by atoms with Gasteiger partial charge in [0.1, 0.15) is 17.8 Å². The van der Waals surface area contributed by atoms with E-state index < -0.39 is 17.6 Å². The highest BCUT2D eigenvalue weighted by Crippen LogP contribution is 2.32. The molecular formula is C22H24F3N5O2S. The largest absolute Gasteiger partial charge is 0.464 e. The van der Waals surface area contributed by atoms with Gasteiger partial charge >= 0.3 is 6.18 Å². The maximum Gasteiger partial charge on any atom is 0.416 e. The minimum absolute atomic E-state index is 0.171. The van der Waals surface area contributed by atoms with Crippen molar-refractivity contribution >= 4 is 22.6 Å². The Morgan fingerprint density at radius 1 is 1.24 bits per heavy atom. The van der Waals surface area contributed by atoms with Gasteiger partial charge in [0.05, 0.1) is 11.1 Å². The van der Waals surface area contributed by atoms with Gasteiger partial charge in [-0.25, -0.2) is 4.98 Å². The number of amides is 1. The third-order valence-electron chi connectivity index (χ3n) is 5.66. The van der Waals surface area contributed by atoms with E-state index in [1.54, 1.807) is 0 Å². The minimum atomic E-state index is -4.46. The second kappa shape index (κ2) is 9.62. The molecule has 1 aromatic carbocycles. The number of anilines is 1. The zero-order valence-corrected chi connectivity index (χ0v) is 19.0. The molecule has 33 heavy (non-hydrogen) atoms. The zero-order valence-electron chi connectivity index (χ0n) is 18.2. The summed E-state index contributed by atoms with van der Waals surface area (Å²) in [5.41, 5.74) is -0.362. The second-order valence-corrected chi connectivity index (χ2v) is 8.89. The van der Waals surface area contributed by atoms with Crippen molar-refractivity contribution in [3.8, 4) is 11.3 Å². The van der Waals surface area contributed by atoms with E-state index in [1.807, 2.05) is 0 Å². The fourth-order valence-electron chi connectivity index (χ4n) is 3.67. The molecule has 1 fully saturated rings.